The average Bonchev–Trinajstić information content (AvgIpc) is 3.17. The molecule has 8 nitrogen and oxygen atoms in total. The monoisotopic (exact) mass is 539 g/mol. The Labute approximate surface area is 229 Å². The molecular formula is C30H38FN3O5. The second-order valence-corrected chi connectivity index (χ2v) is 10.5. The molecule has 0 aliphatic rings. The maximum absolute atomic E-state index is 15.4. The first-order valence-corrected chi connectivity index (χ1v) is 13.1. The van der Waals surface area contributed by atoms with Crippen LogP contribution in [-0.2, 0) is 22.6 Å². The number of benzene rings is 2. The molecule has 0 saturated heterocycles. The van der Waals surface area contributed by atoms with E-state index in [4.69, 9.17) is 14.2 Å². The van der Waals surface area contributed by atoms with Crippen LogP contribution >= 0.6 is 0 Å². The van der Waals surface area contributed by atoms with E-state index in [0.717, 1.165) is 5.56 Å². The van der Waals surface area contributed by atoms with Gasteiger partial charge in [-0.25, -0.2) is 14.0 Å². The zero-order chi connectivity index (χ0) is 28.7. The fraction of sp³-hybridized carbons (Fsp3) is 0.433. The molecule has 1 N–H and O–H groups in total. The number of aromatic nitrogens is 2. The number of hydrogen-bond acceptors (Lipinski definition) is 6. The highest BCUT2D eigenvalue weighted by Gasteiger charge is 2.26. The quantitative estimate of drug-likeness (QED) is 0.300. The van der Waals surface area contributed by atoms with Crippen LogP contribution < -0.4 is 10.1 Å². The number of halogens is 1. The molecule has 0 fully saturated rings. The maximum Gasteiger partial charge on any atom is 0.407 e. The molecule has 2 aromatic carbocycles. The predicted octanol–water partition coefficient (Wildman–Crippen LogP) is 6.40. The third-order valence-corrected chi connectivity index (χ3v) is 5.85. The lowest BCUT2D eigenvalue weighted by atomic mass is 10.0. The van der Waals surface area contributed by atoms with Gasteiger partial charge in [-0.05, 0) is 63.8 Å². The lowest BCUT2D eigenvalue weighted by Gasteiger charge is -2.19. The van der Waals surface area contributed by atoms with E-state index >= 15 is 4.39 Å². The highest BCUT2D eigenvalue weighted by atomic mass is 19.1. The average molecular weight is 540 g/mol. The van der Waals surface area contributed by atoms with Crippen LogP contribution in [0, 0.1) is 12.7 Å². The van der Waals surface area contributed by atoms with Gasteiger partial charge in [0, 0.05) is 23.7 Å². The molecule has 0 atom stereocenters. The van der Waals surface area contributed by atoms with Crippen LogP contribution in [0.25, 0.3) is 11.1 Å². The second kappa shape index (κ2) is 12.8. The molecule has 0 unspecified atom stereocenters. The number of rotatable bonds is 10. The van der Waals surface area contributed by atoms with E-state index in [-0.39, 0.29) is 31.0 Å². The number of nitrogens with one attached hydrogen (secondary N) is 1. The first kappa shape index (κ1) is 29.7. The second-order valence-electron chi connectivity index (χ2n) is 10.5. The molecule has 3 rings (SSSR count). The number of esters is 1. The molecule has 3 aromatic rings. The maximum atomic E-state index is 15.4. The van der Waals surface area contributed by atoms with Crippen molar-refractivity contribution in [2.24, 2.45) is 0 Å². The van der Waals surface area contributed by atoms with Crippen molar-refractivity contribution in [3.05, 3.63) is 70.8 Å². The summed E-state index contributed by atoms with van der Waals surface area (Å²) in [6.45, 7) is 13.7. The summed E-state index contributed by atoms with van der Waals surface area (Å²) in [5.41, 5.74) is 2.68. The molecule has 0 bridgehead atoms. The van der Waals surface area contributed by atoms with Gasteiger partial charge in [-0.15, -0.1) is 0 Å². The number of nitrogens with zero attached hydrogens (tertiary/aromatic N) is 2. The third kappa shape index (κ3) is 8.05. The van der Waals surface area contributed by atoms with E-state index in [9.17, 15) is 9.59 Å². The molecule has 1 heterocycles. The topological polar surface area (TPSA) is 91.7 Å². The van der Waals surface area contributed by atoms with E-state index in [1.807, 2.05) is 12.1 Å². The lowest BCUT2D eigenvalue weighted by molar-refractivity contribution is 0.0513. The van der Waals surface area contributed by atoms with Crippen molar-refractivity contribution in [1.29, 1.82) is 0 Å². The Balaban J connectivity index is 1.80. The lowest BCUT2D eigenvalue weighted by Crippen LogP contribution is -2.34. The standard InChI is InChI=1S/C30H38FN3O5/c1-8-37-28(35)27-26(20(4)33-34(27)16-15-32-29(36)39-30(5,6)7)24-14-13-23(17-25(24)31)38-18-21-9-11-22(12-10-21)19(2)3/h9-14,17,19H,8,15-16,18H2,1-7H3,(H,32,36). The van der Waals surface area contributed by atoms with Gasteiger partial charge in [-0.3, -0.25) is 4.68 Å². The Kier molecular flexibility index (Phi) is 9.72. The Hall–Kier alpha value is -3.88. The minimum atomic E-state index is -0.637. The van der Waals surface area contributed by atoms with Gasteiger partial charge in [0.1, 0.15) is 23.8 Å². The molecular weight excluding hydrogens is 501 g/mol. The molecule has 0 aliphatic carbocycles. The molecule has 0 spiro atoms. The van der Waals surface area contributed by atoms with E-state index in [0.29, 0.717) is 29.5 Å². The van der Waals surface area contributed by atoms with Gasteiger partial charge in [0.05, 0.1) is 18.8 Å². The van der Waals surface area contributed by atoms with Crippen molar-refractivity contribution in [3.8, 4) is 16.9 Å². The number of hydrogen-bond donors (Lipinski definition) is 1. The molecule has 0 aliphatic heterocycles. The van der Waals surface area contributed by atoms with Gasteiger partial charge in [0.25, 0.3) is 0 Å². The number of alkyl carbamates (subject to hydrolysis) is 1. The van der Waals surface area contributed by atoms with Crippen LogP contribution in [0.4, 0.5) is 9.18 Å². The van der Waals surface area contributed by atoms with Gasteiger partial charge < -0.3 is 19.5 Å². The summed E-state index contributed by atoms with van der Waals surface area (Å²) in [6, 6.07) is 12.7. The zero-order valence-electron chi connectivity index (χ0n) is 23.8. The van der Waals surface area contributed by atoms with Crippen LogP contribution in [0.1, 0.15) is 74.8 Å². The Bertz CT molecular complexity index is 1290. The molecule has 39 heavy (non-hydrogen) atoms. The molecule has 0 radical (unpaired) electrons. The smallest absolute Gasteiger partial charge is 0.407 e. The number of carbonyl (C=O) groups is 2. The number of aryl methyl sites for hydroxylation is 1. The van der Waals surface area contributed by atoms with Crippen LogP contribution in [-0.4, -0.2) is 40.6 Å². The van der Waals surface area contributed by atoms with Crippen LogP contribution in [0.5, 0.6) is 5.75 Å². The van der Waals surface area contributed by atoms with Gasteiger partial charge in [0.15, 0.2) is 5.69 Å². The summed E-state index contributed by atoms with van der Waals surface area (Å²) in [4.78, 5) is 24.9. The van der Waals surface area contributed by atoms with E-state index < -0.39 is 23.5 Å². The molecule has 210 valence electrons. The summed E-state index contributed by atoms with van der Waals surface area (Å²) < 4.78 is 33.1. The molecule has 9 heteroatoms. The van der Waals surface area contributed by atoms with Crippen LogP contribution in [0.3, 0.4) is 0 Å². The Morgan fingerprint density at radius 1 is 1.10 bits per heavy atom. The fourth-order valence-corrected chi connectivity index (χ4v) is 4.00. The predicted molar refractivity (Wildman–Crippen MR) is 147 cm³/mol. The minimum absolute atomic E-state index is 0.109. The van der Waals surface area contributed by atoms with Crippen LogP contribution in [0.15, 0.2) is 42.5 Å². The highest BCUT2D eigenvalue weighted by molar-refractivity contribution is 5.96. The summed E-state index contributed by atoms with van der Waals surface area (Å²) in [5, 5.41) is 7.09. The minimum Gasteiger partial charge on any atom is -0.489 e. The van der Waals surface area contributed by atoms with Crippen LogP contribution in [0.2, 0.25) is 0 Å². The van der Waals surface area contributed by atoms with Crippen molar-refractivity contribution in [1.82, 2.24) is 15.1 Å². The summed E-state index contributed by atoms with van der Waals surface area (Å²) in [6.07, 6.45) is -0.582. The summed E-state index contributed by atoms with van der Waals surface area (Å²) >= 11 is 0. The zero-order valence-corrected chi connectivity index (χ0v) is 23.8. The summed E-state index contributed by atoms with van der Waals surface area (Å²) in [7, 11) is 0. The highest BCUT2D eigenvalue weighted by Crippen LogP contribution is 2.32. The molecule has 1 amide bonds. The summed E-state index contributed by atoms with van der Waals surface area (Å²) in [5.74, 6) is -0.374. The normalized spacial score (nSPS) is 11.4. The van der Waals surface area contributed by atoms with Crippen molar-refractivity contribution in [2.75, 3.05) is 13.2 Å². The Morgan fingerprint density at radius 3 is 2.38 bits per heavy atom. The van der Waals surface area contributed by atoms with E-state index in [1.54, 1.807) is 46.8 Å². The molecule has 0 saturated carbocycles. The Morgan fingerprint density at radius 2 is 1.79 bits per heavy atom. The van der Waals surface area contributed by atoms with Gasteiger partial charge in [-0.1, -0.05) is 38.1 Å². The first-order valence-electron chi connectivity index (χ1n) is 13.1. The van der Waals surface area contributed by atoms with E-state index in [1.165, 1.54) is 16.3 Å². The van der Waals surface area contributed by atoms with E-state index in [2.05, 4.69) is 36.4 Å². The van der Waals surface area contributed by atoms with Gasteiger partial charge in [-0.2, -0.15) is 5.10 Å². The first-order chi connectivity index (χ1) is 18.4. The van der Waals surface area contributed by atoms with Crippen molar-refractivity contribution < 1.29 is 28.2 Å². The number of carbonyl (C=O) groups excluding carboxylic acids is 2. The van der Waals surface area contributed by atoms with Gasteiger partial charge in [0.2, 0.25) is 0 Å². The number of amides is 1. The van der Waals surface area contributed by atoms with Crippen molar-refractivity contribution in [3.63, 3.8) is 0 Å². The van der Waals surface area contributed by atoms with Gasteiger partial charge >= 0.3 is 12.1 Å². The molecule has 1 aromatic heterocycles. The SMILES string of the molecule is CCOC(=O)c1c(-c2ccc(OCc3ccc(C(C)C)cc3)cc2F)c(C)nn1CCNC(=O)OC(C)(C)C. The van der Waals surface area contributed by atoms with Crippen molar-refractivity contribution in [2.45, 2.75) is 73.1 Å². The largest absolute Gasteiger partial charge is 0.489 e. The fourth-order valence-electron chi connectivity index (χ4n) is 4.00. The van der Waals surface area contributed by atoms with Crippen molar-refractivity contribution >= 4 is 12.1 Å². The number of ether oxygens (including phenoxy) is 3. The third-order valence-electron chi connectivity index (χ3n) is 5.85.